The first-order valence-electron chi connectivity index (χ1n) is 3.70. The molecule has 0 bridgehead atoms. The summed E-state index contributed by atoms with van der Waals surface area (Å²) in [4.78, 5) is 16.2. The minimum Gasteiger partial charge on any atom is -0.394 e. The Bertz CT molecular complexity index is 101. The van der Waals surface area contributed by atoms with E-state index >= 15 is 0 Å². The van der Waals surface area contributed by atoms with Crippen molar-refractivity contribution in [2.75, 3.05) is 39.6 Å². The minimum absolute atomic E-state index is 0.0278. The SMILES string of the molecule is C1CO1.O=C=O.OCCOCCO. The highest BCUT2D eigenvalue weighted by Gasteiger charge is 1.94. The first-order chi connectivity index (χ1) is 6.33. The summed E-state index contributed by atoms with van der Waals surface area (Å²) in [5, 5.41) is 16.2. The second kappa shape index (κ2) is 17.3. The predicted octanol–water partition coefficient (Wildman–Crippen LogP) is -1.58. The van der Waals surface area contributed by atoms with Gasteiger partial charge < -0.3 is 19.7 Å². The molecular formula is C7H14O6. The van der Waals surface area contributed by atoms with Crippen molar-refractivity contribution in [3.63, 3.8) is 0 Å². The van der Waals surface area contributed by atoms with E-state index in [1.54, 1.807) is 0 Å². The zero-order valence-electron chi connectivity index (χ0n) is 7.27. The van der Waals surface area contributed by atoms with E-state index in [4.69, 9.17) is 19.8 Å². The van der Waals surface area contributed by atoms with Crippen LogP contribution in [-0.2, 0) is 19.1 Å². The molecule has 0 spiro atoms. The van der Waals surface area contributed by atoms with Gasteiger partial charge in [0, 0.05) is 0 Å². The van der Waals surface area contributed by atoms with Gasteiger partial charge in [-0.05, 0) is 0 Å². The molecule has 78 valence electrons. The number of epoxide rings is 1. The Kier molecular flexibility index (Phi) is 19.7. The average molecular weight is 194 g/mol. The number of aliphatic hydroxyl groups is 2. The van der Waals surface area contributed by atoms with Crippen molar-refractivity contribution in [2.45, 2.75) is 0 Å². The van der Waals surface area contributed by atoms with E-state index < -0.39 is 0 Å². The van der Waals surface area contributed by atoms with Crippen LogP contribution in [0, 0.1) is 0 Å². The standard InChI is InChI=1S/C4H10O3.C2H4O.CO2/c5-1-3-7-4-2-6;1-2-3-1;2-1-3/h5-6H,1-4H2;1-2H2;. The van der Waals surface area contributed by atoms with Gasteiger partial charge in [0.15, 0.2) is 0 Å². The summed E-state index contributed by atoms with van der Waals surface area (Å²) in [7, 11) is 0. The highest BCUT2D eigenvalue weighted by molar-refractivity contribution is 5.20. The summed E-state index contributed by atoms with van der Waals surface area (Å²) >= 11 is 0. The molecule has 1 saturated heterocycles. The molecule has 1 fully saturated rings. The van der Waals surface area contributed by atoms with Crippen molar-refractivity contribution in [3.8, 4) is 0 Å². The normalized spacial score (nSPS) is 11.2. The molecule has 0 aromatic carbocycles. The molecule has 0 unspecified atom stereocenters. The van der Waals surface area contributed by atoms with Crippen LogP contribution in [0.2, 0.25) is 0 Å². The second-order valence-electron chi connectivity index (χ2n) is 1.76. The van der Waals surface area contributed by atoms with E-state index in [1.807, 2.05) is 0 Å². The highest BCUT2D eigenvalue weighted by atomic mass is 16.6. The Balaban J connectivity index is 0. The Hall–Kier alpha value is -0.780. The van der Waals surface area contributed by atoms with Crippen molar-refractivity contribution in [3.05, 3.63) is 0 Å². The van der Waals surface area contributed by atoms with E-state index in [0.717, 1.165) is 13.2 Å². The van der Waals surface area contributed by atoms with E-state index in [1.165, 1.54) is 0 Å². The van der Waals surface area contributed by atoms with Crippen LogP contribution in [-0.4, -0.2) is 56.0 Å². The summed E-state index contributed by atoms with van der Waals surface area (Å²) in [6.45, 7) is 2.70. The monoisotopic (exact) mass is 194 g/mol. The number of rotatable bonds is 4. The molecule has 1 rings (SSSR count). The zero-order chi connectivity index (χ0) is 10.4. The molecule has 1 heterocycles. The van der Waals surface area contributed by atoms with Crippen molar-refractivity contribution in [1.82, 2.24) is 0 Å². The number of carbonyl (C=O) groups excluding carboxylic acids is 2. The largest absolute Gasteiger partial charge is 0.394 e. The van der Waals surface area contributed by atoms with Gasteiger partial charge in [0.05, 0.1) is 39.6 Å². The number of aliphatic hydroxyl groups excluding tert-OH is 2. The lowest BCUT2D eigenvalue weighted by atomic mass is 10.7. The number of hydrogen-bond donors (Lipinski definition) is 2. The van der Waals surface area contributed by atoms with Crippen LogP contribution < -0.4 is 0 Å². The van der Waals surface area contributed by atoms with E-state index in [2.05, 4.69) is 9.47 Å². The lowest BCUT2D eigenvalue weighted by Crippen LogP contribution is -2.03. The molecule has 13 heavy (non-hydrogen) atoms. The Morgan fingerprint density at radius 3 is 1.62 bits per heavy atom. The van der Waals surface area contributed by atoms with Gasteiger partial charge in [-0.2, -0.15) is 9.59 Å². The molecular weight excluding hydrogens is 180 g/mol. The summed E-state index contributed by atoms with van der Waals surface area (Å²) < 4.78 is 9.13. The lowest BCUT2D eigenvalue weighted by Gasteiger charge is -1.94. The molecule has 6 heteroatoms. The summed E-state index contributed by atoms with van der Waals surface area (Å²) in [6.07, 6.45) is 0.250. The maximum atomic E-state index is 8.12. The van der Waals surface area contributed by atoms with Crippen LogP contribution in [0.15, 0.2) is 0 Å². The van der Waals surface area contributed by atoms with Crippen LogP contribution in [0.4, 0.5) is 0 Å². The van der Waals surface area contributed by atoms with Crippen molar-refractivity contribution >= 4 is 6.15 Å². The van der Waals surface area contributed by atoms with Crippen LogP contribution >= 0.6 is 0 Å². The molecule has 0 atom stereocenters. The first kappa shape index (κ1) is 14.7. The molecule has 0 aromatic heterocycles. The van der Waals surface area contributed by atoms with E-state index in [-0.39, 0.29) is 19.4 Å². The lowest BCUT2D eigenvalue weighted by molar-refractivity contribution is -0.191. The molecule has 0 aromatic rings. The third-order valence-electron chi connectivity index (χ3n) is 0.675. The maximum absolute atomic E-state index is 8.12. The minimum atomic E-state index is 0.0278. The third kappa shape index (κ3) is 53.6. The van der Waals surface area contributed by atoms with Crippen LogP contribution in [0.3, 0.4) is 0 Å². The van der Waals surface area contributed by atoms with Gasteiger partial charge in [-0.25, -0.2) is 0 Å². The van der Waals surface area contributed by atoms with E-state index in [0.29, 0.717) is 13.2 Å². The van der Waals surface area contributed by atoms with Gasteiger partial charge in [-0.1, -0.05) is 0 Å². The summed E-state index contributed by atoms with van der Waals surface area (Å²) in [5.41, 5.74) is 0. The average Bonchev–Trinajstić information content (AvgIpc) is 2.93. The quantitative estimate of drug-likeness (QED) is 0.414. The van der Waals surface area contributed by atoms with Crippen LogP contribution in [0.1, 0.15) is 0 Å². The van der Waals surface area contributed by atoms with Gasteiger partial charge in [0.1, 0.15) is 0 Å². The molecule has 0 radical (unpaired) electrons. The molecule has 0 saturated carbocycles. The highest BCUT2D eigenvalue weighted by Crippen LogP contribution is 1.84. The van der Waals surface area contributed by atoms with Gasteiger partial charge >= 0.3 is 6.15 Å². The maximum Gasteiger partial charge on any atom is 0.373 e. The molecule has 2 N–H and O–H groups in total. The number of hydrogen-bond acceptors (Lipinski definition) is 6. The zero-order valence-corrected chi connectivity index (χ0v) is 7.27. The number of ether oxygens (including phenoxy) is 2. The fourth-order valence-electron chi connectivity index (χ4n) is 0.231. The Morgan fingerprint density at radius 2 is 1.46 bits per heavy atom. The van der Waals surface area contributed by atoms with Crippen LogP contribution in [0.25, 0.3) is 0 Å². The summed E-state index contributed by atoms with van der Waals surface area (Å²) in [6, 6.07) is 0. The smallest absolute Gasteiger partial charge is 0.373 e. The predicted molar refractivity (Wildman–Crippen MR) is 40.8 cm³/mol. The fraction of sp³-hybridized carbons (Fsp3) is 0.857. The molecule has 1 aliphatic rings. The Labute approximate surface area is 76.1 Å². The van der Waals surface area contributed by atoms with Crippen molar-refractivity contribution in [2.24, 2.45) is 0 Å². The molecule has 0 amide bonds. The molecule has 1 aliphatic heterocycles. The van der Waals surface area contributed by atoms with Crippen molar-refractivity contribution in [1.29, 1.82) is 0 Å². The molecule has 0 aliphatic carbocycles. The van der Waals surface area contributed by atoms with Gasteiger partial charge in [-0.15, -0.1) is 0 Å². The second-order valence-corrected chi connectivity index (χ2v) is 1.76. The first-order valence-corrected chi connectivity index (χ1v) is 3.70. The van der Waals surface area contributed by atoms with Crippen LogP contribution in [0.5, 0.6) is 0 Å². The fourth-order valence-corrected chi connectivity index (χ4v) is 0.231. The third-order valence-corrected chi connectivity index (χ3v) is 0.675. The summed E-state index contributed by atoms with van der Waals surface area (Å²) in [5.74, 6) is 0. The Morgan fingerprint density at radius 1 is 1.15 bits per heavy atom. The van der Waals surface area contributed by atoms with Gasteiger partial charge in [0.2, 0.25) is 0 Å². The van der Waals surface area contributed by atoms with Gasteiger partial charge in [0.25, 0.3) is 0 Å². The molecule has 6 nitrogen and oxygen atoms in total. The van der Waals surface area contributed by atoms with Crippen molar-refractivity contribution < 1.29 is 29.3 Å². The van der Waals surface area contributed by atoms with Gasteiger partial charge in [-0.3, -0.25) is 0 Å². The van der Waals surface area contributed by atoms with E-state index in [9.17, 15) is 0 Å². The topological polar surface area (TPSA) is 96.4 Å².